The van der Waals surface area contributed by atoms with Crippen LogP contribution in [0.1, 0.15) is 5.56 Å². The lowest BCUT2D eigenvalue weighted by atomic mass is 10.2. The summed E-state index contributed by atoms with van der Waals surface area (Å²) in [6.45, 7) is 0. The molecule has 2 nitrogen and oxygen atoms in total. The quantitative estimate of drug-likeness (QED) is 0.674. The van der Waals surface area contributed by atoms with Crippen molar-refractivity contribution < 1.29 is 9.13 Å². The summed E-state index contributed by atoms with van der Waals surface area (Å²) in [4.78, 5) is 0.636. The summed E-state index contributed by atoms with van der Waals surface area (Å²) in [6.07, 6.45) is 0. The molecule has 2 aromatic rings. The lowest BCUT2D eigenvalue weighted by molar-refractivity contribution is 0.411. The van der Waals surface area contributed by atoms with Crippen molar-refractivity contribution in [2.75, 3.05) is 12.8 Å². The molecule has 0 radical (unpaired) electrons. The number of halogens is 1. The van der Waals surface area contributed by atoms with Crippen LogP contribution >= 0.6 is 11.8 Å². The van der Waals surface area contributed by atoms with Gasteiger partial charge in [0.1, 0.15) is 11.6 Å². The van der Waals surface area contributed by atoms with Gasteiger partial charge in [0.25, 0.3) is 0 Å². The van der Waals surface area contributed by atoms with Crippen LogP contribution in [0.5, 0.6) is 5.75 Å². The topological polar surface area (TPSA) is 35.2 Å². The van der Waals surface area contributed by atoms with Gasteiger partial charge < -0.3 is 10.5 Å². The molecule has 0 atom stereocenters. The normalized spacial score (nSPS) is 10.3. The minimum absolute atomic E-state index is 0.197. The van der Waals surface area contributed by atoms with Gasteiger partial charge in [-0.25, -0.2) is 4.39 Å². The molecular weight excluding hydrogens is 249 g/mol. The second kappa shape index (κ2) is 5.78. The molecule has 2 N–H and O–H groups in total. The van der Waals surface area contributed by atoms with Gasteiger partial charge >= 0.3 is 0 Å². The molecule has 18 heavy (non-hydrogen) atoms. The lowest BCUT2D eigenvalue weighted by Gasteiger charge is -2.09. The van der Waals surface area contributed by atoms with Crippen LogP contribution in [0.4, 0.5) is 10.1 Å². The highest BCUT2D eigenvalue weighted by atomic mass is 32.2. The van der Waals surface area contributed by atoms with Crippen molar-refractivity contribution in [1.29, 1.82) is 0 Å². The predicted octanol–water partition coefficient (Wildman–Crippen LogP) is 3.71. The van der Waals surface area contributed by atoms with Gasteiger partial charge in [-0.05, 0) is 18.2 Å². The third-order valence-electron chi connectivity index (χ3n) is 2.53. The van der Waals surface area contributed by atoms with Crippen LogP contribution in [0.3, 0.4) is 0 Å². The summed E-state index contributed by atoms with van der Waals surface area (Å²) in [5.74, 6) is 1.18. The number of anilines is 1. The smallest absolute Gasteiger partial charge is 0.136 e. The van der Waals surface area contributed by atoms with Gasteiger partial charge in [-0.15, -0.1) is 11.8 Å². The Morgan fingerprint density at radius 2 is 2.00 bits per heavy atom. The molecule has 0 heterocycles. The highest BCUT2D eigenvalue weighted by Crippen LogP contribution is 2.30. The van der Waals surface area contributed by atoms with E-state index in [4.69, 9.17) is 10.5 Å². The van der Waals surface area contributed by atoms with Crippen LogP contribution in [0.25, 0.3) is 0 Å². The summed E-state index contributed by atoms with van der Waals surface area (Å²) < 4.78 is 18.7. The van der Waals surface area contributed by atoms with Crippen molar-refractivity contribution >= 4 is 17.4 Å². The van der Waals surface area contributed by atoms with Gasteiger partial charge in [0.2, 0.25) is 0 Å². The molecule has 0 unspecified atom stereocenters. The number of benzene rings is 2. The van der Waals surface area contributed by atoms with E-state index in [1.165, 1.54) is 17.8 Å². The largest absolute Gasteiger partial charge is 0.496 e. The molecule has 0 saturated carbocycles. The van der Waals surface area contributed by atoms with Gasteiger partial charge in [0, 0.05) is 28.0 Å². The zero-order chi connectivity index (χ0) is 13.0. The number of rotatable bonds is 4. The number of nitrogens with two attached hydrogens (primary N) is 1. The number of thioether (sulfide) groups is 1. The van der Waals surface area contributed by atoms with Crippen LogP contribution in [0, 0.1) is 5.82 Å². The molecule has 0 saturated heterocycles. The van der Waals surface area contributed by atoms with Crippen LogP contribution in [-0.4, -0.2) is 7.11 Å². The molecule has 94 valence electrons. The van der Waals surface area contributed by atoms with Crippen molar-refractivity contribution in [1.82, 2.24) is 0 Å². The maximum absolute atomic E-state index is 13.5. The van der Waals surface area contributed by atoms with Gasteiger partial charge in [-0.2, -0.15) is 0 Å². The standard InChI is InChI=1S/C14H14FNOS/c1-17-13-8-11(16)7-6-10(13)9-18-14-5-3-2-4-12(14)15/h2-8H,9,16H2,1H3. The molecule has 0 aliphatic carbocycles. The fourth-order valence-corrected chi connectivity index (χ4v) is 2.53. The van der Waals surface area contributed by atoms with E-state index in [9.17, 15) is 4.39 Å². The lowest BCUT2D eigenvalue weighted by Crippen LogP contribution is -1.93. The monoisotopic (exact) mass is 263 g/mol. The maximum Gasteiger partial charge on any atom is 0.136 e. The van der Waals surface area contributed by atoms with Crippen LogP contribution in [0.2, 0.25) is 0 Å². The van der Waals surface area contributed by atoms with Gasteiger partial charge in [-0.1, -0.05) is 18.2 Å². The van der Waals surface area contributed by atoms with Gasteiger partial charge in [0.05, 0.1) is 7.11 Å². The van der Waals surface area contributed by atoms with Crippen LogP contribution in [0.15, 0.2) is 47.4 Å². The molecule has 2 aromatic carbocycles. The second-order valence-corrected chi connectivity index (χ2v) is 4.81. The van der Waals surface area contributed by atoms with Crippen molar-refractivity contribution in [3.63, 3.8) is 0 Å². The molecular formula is C14H14FNOS. The first kappa shape index (κ1) is 12.8. The van der Waals surface area contributed by atoms with Crippen LogP contribution < -0.4 is 10.5 Å². The summed E-state index contributed by atoms with van der Waals surface area (Å²) >= 11 is 1.44. The Kier molecular flexibility index (Phi) is 4.10. The number of hydrogen-bond acceptors (Lipinski definition) is 3. The Morgan fingerprint density at radius 1 is 1.22 bits per heavy atom. The highest BCUT2D eigenvalue weighted by molar-refractivity contribution is 7.98. The average Bonchev–Trinajstić information content (AvgIpc) is 2.39. The van der Waals surface area contributed by atoms with E-state index in [0.717, 1.165) is 11.3 Å². The molecule has 0 fully saturated rings. The van der Waals surface area contributed by atoms with E-state index in [2.05, 4.69) is 0 Å². The van der Waals surface area contributed by atoms with E-state index in [1.54, 1.807) is 25.3 Å². The zero-order valence-electron chi connectivity index (χ0n) is 10.0. The SMILES string of the molecule is COc1cc(N)ccc1CSc1ccccc1F. The predicted molar refractivity (Wildman–Crippen MR) is 73.4 cm³/mol. The third-order valence-corrected chi connectivity index (χ3v) is 3.63. The zero-order valence-corrected chi connectivity index (χ0v) is 10.8. The fourth-order valence-electron chi connectivity index (χ4n) is 1.60. The molecule has 2 rings (SSSR count). The fraction of sp³-hybridized carbons (Fsp3) is 0.143. The van der Waals surface area contributed by atoms with Crippen molar-refractivity contribution in [2.24, 2.45) is 0 Å². The average molecular weight is 263 g/mol. The number of hydrogen-bond donors (Lipinski definition) is 1. The van der Waals surface area contributed by atoms with Crippen LogP contribution in [-0.2, 0) is 5.75 Å². The first-order valence-corrected chi connectivity index (χ1v) is 6.49. The number of nitrogen functional groups attached to an aromatic ring is 1. The second-order valence-electron chi connectivity index (χ2n) is 3.79. The Bertz CT molecular complexity index is 545. The summed E-state index contributed by atoms with van der Waals surface area (Å²) in [7, 11) is 1.60. The molecule has 0 aliphatic rings. The molecule has 0 spiro atoms. The number of ether oxygens (including phenoxy) is 1. The van der Waals surface area contributed by atoms with E-state index in [-0.39, 0.29) is 5.82 Å². The molecule has 0 amide bonds. The van der Waals surface area contributed by atoms with E-state index < -0.39 is 0 Å². The van der Waals surface area contributed by atoms with Gasteiger partial charge in [-0.3, -0.25) is 0 Å². The summed E-state index contributed by atoms with van der Waals surface area (Å²) in [5.41, 5.74) is 7.35. The first-order chi connectivity index (χ1) is 8.70. The third kappa shape index (κ3) is 2.96. The summed E-state index contributed by atoms with van der Waals surface area (Å²) in [5, 5.41) is 0. The number of methoxy groups -OCH3 is 1. The Labute approximate surface area is 110 Å². The Hall–Kier alpha value is -1.68. The molecule has 0 bridgehead atoms. The molecule has 0 aliphatic heterocycles. The van der Waals surface area contributed by atoms with E-state index in [0.29, 0.717) is 16.3 Å². The molecule has 4 heteroatoms. The van der Waals surface area contributed by atoms with E-state index >= 15 is 0 Å². The first-order valence-electron chi connectivity index (χ1n) is 5.50. The maximum atomic E-state index is 13.5. The Morgan fingerprint density at radius 3 is 2.72 bits per heavy atom. The van der Waals surface area contributed by atoms with Gasteiger partial charge in [0.15, 0.2) is 0 Å². The molecule has 0 aromatic heterocycles. The minimum atomic E-state index is -0.197. The highest BCUT2D eigenvalue weighted by Gasteiger charge is 2.06. The Balaban J connectivity index is 2.13. The van der Waals surface area contributed by atoms with E-state index in [1.807, 2.05) is 18.2 Å². The summed E-state index contributed by atoms with van der Waals surface area (Å²) in [6, 6.07) is 12.2. The van der Waals surface area contributed by atoms with Crippen molar-refractivity contribution in [3.05, 3.63) is 53.8 Å². The van der Waals surface area contributed by atoms with Crippen molar-refractivity contribution in [2.45, 2.75) is 10.6 Å². The minimum Gasteiger partial charge on any atom is -0.496 e. The van der Waals surface area contributed by atoms with Crippen molar-refractivity contribution in [3.8, 4) is 5.75 Å².